The quantitative estimate of drug-likeness (QED) is 0.916. The lowest BCUT2D eigenvalue weighted by Crippen LogP contribution is -2.35. The summed E-state index contributed by atoms with van der Waals surface area (Å²) in [5, 5.41) is 4.81. The first kappa shape index (κ1) is 14.8. The maximum Gasteiger partial charge on any atom is 0.185 e. The third-order valence-electron chi connectivity index (χ3n) is 3.58. The van der Waals surface area contributed by atoms with Gasteiger partial charge in [-0.2, -0.15) is 0 Å². The second-order valence-electron chi connectivity index (χ2n) is 6.66. The summed E-state index contributed by atoms with van der Waals surface area (Å²) in [6, 6.07) is 0. The molecular weight excluding hydrogens is 254 g/mol. The summed E-state index contributed by atoms with van der Waals surface area (Å²) in [7, 11) is 0. The lowest BCUT2D eigenvalue weighted by molar-refractivity contribution is 0.425. The first-order valence-corrected chi connectivity index (χ1v) is 8.19. The van der Waals surface area contributed by atoms with Crippen molar-refractivity contribution in [1.82, 2.24) is 10.3 Å². The van der Waals surface area contributed by atoms with E-state index in [4.69, 9.17) is 4.98 Å². The molecule has 2 heterocycles. The Balaban J connectivity index is 2.08. The van der Waals surface area contributed by atoms with Gasteiger partial charge in [0.05, 0.1) is 5.69 Å². The van der Waals surface area contributed by atoms with Crippen LogP contribution in [0.15, 0.2) is 0 Å². The third-order valence-corrected chi connectivity index (χ3v) is 4.73. The zero-order chi connectivity index (χ0) is 14.0. The maximum atomic E-state index is 4.85. The highest BCUT2D eigenvalue weighted by atomic mass is 32.1. The van der Waals surface area contributed by atoms with E-state index in [1.807, 2.05) is 11.3 Å². The summed E-state index contributed by atoms with van der Waals surface area (Å²) in [5.41, 5.74) is 1.44. The molecule has 0 amide bonds. The molecule has 108 valence electrons. The number of aryl methyl sites for hydroxylation is 1. The minimum atomic E-state index is 0.164. The standard InChI is InChI=1S/C15H27N3S/c1-6-12-13(9-16-15(3,4)5)19-14(17-12)18-8-7-11(2)10-18/h11,16H,6-10H2,1-5H3. The van der Waals surface area contributed by atoms with E-state index in [-0.39, 0.29) is 5.54 Å². The van der Waals surface area contributed by atoms with Crippen LogP contribution in [0.1, 0.15) is 51.6 Å². The van der Waals surface area contributed by atoms with Gasteiger partial charge in [-0.05, 0) is 39.5 Å². The van der Waals surface area contributed by atoms with Gasteiger partial charge in [-0.25, -0.2) is 4.98 Å². The molecule has 0 spiro atoms. The van der Waals surface area contributed by atoms with Crippen LogP contribution in [0.2, 0.25) is 0 Å². The second-order valence-corrected chi connectivity index (χ2v) is 7.73. The fourth-order valence-electron chi connectivity index (χ4n) is 2.37. The van der Waals surface area contributed by atoms with Crippen molar-refractivity contribution in [2.45, 2.75) is 59.5 Å². The van der Waals surface area contributed by atoms with Gasteiger partial charge < -0.3 is 10.2 Å². The molecule has 1 atom stereocenters. The molecule has 1 aliphatic rings. The SMILES string of the molecule is CCc1nc(N2CCC(C)C2)sc1CNC(C)(C)C. The molecule has 1 aliphatic heterocycles. The largest absolute Gasteiger partial charge is 0.348 e. The average molecular weight is 281 g/mol. The Morgan fingerprint density at radius 3 is 2.68 bits per heavy atom. The van der Waals surface area contributed by atoms with Gasteiger partial charge in [0, 0.05) is 30.1 Å². The first-order chi connectivity index (χ1) is 8.89. The highest BCUT2D eigenvalue weighted by Crippen LogP contribution is 2.30. The molecule has 1 unspecified atom stereocenters. The van der Waals surface area contributed by atoms with Crippen molar-refractivity contribution >= 4 is 16.5 Å². The molecule has 4 heteroatoms. The highest BCUT2D eigenvalue weighted by molar-refractivity contribution is 7.15. The van der Waals surface area contributed by atoms with Crippen LogP contribution in [0.5, 0.6) is 0 Å². The third kappa shape index (κ3) is 3.93. The summed E-state index contributed by atoms with van der Waals surface area (Å²) in [6.45, 7) is 14.4. The topological polar surface area (TPSA) is 28.2 Å². The van der Waals surface area contributed by atoms with Crippen molar-refractivity contribution < 1.29 is 0 Å². The van der Waals surface area contributed by atoms with Crippen LogP contribution in [0, 0.1) is 5.92 Å². The Bertz CT molecular complexity index is 420. The molecule has 1 fully saturated rings. The predicted molar refractivity (Wildman–Crippen MR) is 84.1 cm³/mol. The minimum absolute atomic E-state index is 0.164. The van der Waals surface area contributed by atoms with E-state index >= 15 is 0 Å². The molecule has 3 nitrogen and oxygen atoms in total. The fourth-order valence-corrected chi connectivity index (χ4v) is 3.50. The molecule has 0 saturated carbocycles. The molecule has 0 radical (unpaired) electrons. The van der Waals surface area contributed by atoms with Gasteiger partial charge in [-0.1, -0.05) is 13.8 Å². The van der Waals surface area contributed by atoms with Gasteiger partial charge in [0.25, 0.3) is 0 Å². The van der Waals surface area contributed by atoms with Crippen molar-refractivity contribution in [1.29, 1.82) is 0 Å². The number of nitrogens with one attached hydrogen (secondary N) is 1. The Kier molecular flexibility index (Phi) is 4.51. The molecular formula is C15H27N3S. The molecule has 19 heavy (non-hydrogen) atoms. The summed E-state index contributed by atoms with van der Waals surface area (Å²) in [6.07, 6.45) is 2.33. The van der Waals surface area contributed by atoms with Crippen molar-refractivity contribution in [3.8, 4) is 0 Å². The van der Waals surface area contributed by atoms with Gasteiger partial charge in [0.2, 0.25) is 0 Å². The van der Waals surface area contributed by atoms with E-state index in [0.717, 1.165) is 18.9 Å². The van der Waals surface area contributed by atoms with Gasteiger partial charge in [-0.15, -0.1) is 11.3 Å². The smallest absolute Gasteiger partial charge is 0.185 e. The molecule has 1 aromatic rings. The Morgan fingerprint density at radius 1 is 1.42 bits per heavy atom. The number of hydrogen-bond donors (Lipinski definition) is 1. The van der Waals surface area contributed by atoms with Crippen molar-refractivity contribution in [2.24, 2.45) is 5.92 Å². The lowest BCUT2D eigenvalue weighted by atomic mass is 10.1. The predicted octanol–water partition coefficient (Wildman–Crippen LogP) is 3.44. The summed E-state index contributed by atoms with van der Waals surface area (Å²) in [5.74, 6) is 0.810. The lowest BCUT2D eigenvalue weighted by Gasteiger charge is -2.20. The van der Waals surface area contributed by atoms with Crippen LogP contribution < -0.4 is 10.2 Å². The van der Waals surface area contributed by atoms with E-state index in [1.165, 1.54) is 35.2 Å². The molecule has 0 aromatic carbocycles. The fraction of sp³-hybridized carbons (Fsp3) is 0.800. The van der Waals surface area contributed by atoms with E-state index in [0.29, 0.717) is 0 Å². The Morgan fingerprint density at radius 2 is 2.16 bits per heavy atom. The van der Waals surface area contributed by atoms with Gasteiger partial charge in [-0.3, -0.25) is 0 Å². The number of aromatic nitrogens is 1. The number of nitrogens with zero attached hydrogens (tertiary/aromatic N) is 2. The molecule has 0 aliphatic carbocycles. The van der Waals surface area contributed by atoms with E-state index in [2.05, 4.69) is 44.8 Å². The molecule has 1 aromatic heterocycles. The molecule has 1 N–H and O–H groups in total. The zero-order valence-electron chi connectivity index (χ0n) is 12.9. The number of hydrogen-bond acceptors (Lipinski definition) is 4. The maximum absolute atomic E-state index is 4.85. The number of rotatable bonds is 4. The second kappa shape index (κ2) is 5.80. The normalized spacial score (nSPS) is 20.3. The molecule has 1 saturated heterocycles. The average Bonchev–Trinajstić information content (AvgIpc) is 2.91. The minimum Gasteiger partial charge on any atom is -0.348 e. The van der Waals surface area contributed by atoms with E-state index < -0.39 is 0 Å². The summed E-state index contributed by atoms with van der Waals surface area (Å²) >= 11 is 1.88. The zero-order valence-corrected chi connectivity index (χ0v) is 13.7. The van der Waals surface area contributed by atoms with Crippen LogP contribution in [0.4, 0.5) is 5.13 Å². The van der Waals surface area contributed by atoms with Crippen LogP contribution in [-0.2, 0) is 13.0 Å². The molecule has 0 bridgehead atoms. The van der Waals surface area contributed by atoms with E-state index in [9.17, 15) is 0 Å². The van der Waals surface area contributed by atoms with Crippen LogP contribution in [0.3, 0.4) is 0 Å². The van der Waals surface area contributed by atoms with Crippen molar-refractivity contribution in [3.05, 3.63) is 10.6 Å². The van der Waals surface area contributed by atoms with Crippen LogP contribution >= 0.6 is 11.3 Å². The van der Waals surface area contributed by atoms with E-state index in [1.54, 1.807) is 0 Å². The first-order valence-electron chi connectivity index (χ1n) is 7.37. The molecule has 2 rings (SSSR count). The Labute approximate surface area is 121 Å². The van der Waals surface area contributed by atoms with Crippen LogP contribution in [0.25, 0.3) is 0 Å². The number of anilines is 1. The monoisotopic (exact) mass is 281 g/mol. The van der Waals surface area contributed by atoms with Gasteiger partial charge in [0.15, 0.2) is 5.13 Å². The van der Waals surface area contributed by atoms with Crippen LogP contribution in [-0.4, -0.2) is 23.6 Å². The van der Waals surface area contributed by atoms with Crippen molar-refractivity contribution in [2.75, 3.05) is 18.0 Å². The van der Waals surface area contributed by atoms with Gasteiger partial charge in [0.1, 0.15) is 0 Å². The van der Waals surface area contributed by atoms with Gasteiger partial charge >= 0.3 is 0 Å². The Hall–Kier alpha value is -0.610. The number of thiazole rings is 1. The highest BCUT2D eigenvalue weighted by Gasteiger charge is 2.23. The summed E-state index contributed by atoms with van der Waals surface area (Å²) < 4.78 is 0. The van der Waals surface area contributed by atoms with Crippen molar-refractivity contribution in [3.63, 3.8) is 0 Å². The summed E-state index contributed by atoms with van der Waals surface area (Å²) in [4.78, 5) is 8.71.